The summed E-state index contributed by atoms with van der Waals surface area (Å²) in [6, 6.07) is 8.39. The van der Waals surface area contributed by atoms with Gasteiger partial charge >= 0.3 is 5.97 Å². The van der Waals surface area contributed by atoms with Crippen molar-refractivity contribution >= 4 is 12.0 Å². The number of likely N-dealkylation sites (tertiary alicyclic amines) is 1. The number of nitrogens with zero attached hydrogens (tertiary/aromatic N) is 1. The second kappa shape index (κ2) is 7.22. The summed E-state index contributed by atoms with van der Waals surface area (Å²) in [6.07, 6.45) is 5.39. The van der Waals surface area contributed by atoms with Crippen LogP contribution < -0.4 is 0 Å². The molecule has 0 aromatic heterocycles. The van der Waals surface area contributed by atoms with Crippen molar-refractivity contribution in [1.29, 1.82) is 0 Å². The van der Waals surface area contributed by atoms with E-state index < -0.39 is 0 Å². The first kappa shape index (κ1) is 14.8. The molecule has 0 radical (unpaired) electrons. The summed E-state index contributed by atoms with van der Waals surface area (Å²) in [5.41, 5.74) is 2.19. The van der Waals surface area contributed by atoms with E-state index in [0.717, 1.165) is 31.5 Å². The molecule has 0 aliphatic carbocycles. The molecular weight excluding hydrogens is 254 g/mol. The number of carbonyl (C=O) groups is 1. The fraction of sp³-hybridized carbons (Fsp3) is 0.438. The Bertz CT molecular complexity index is 467. The van der Waals surface area contributed by atoms with Gasteiger partial charge in [0, 0.05) is 18.7 Å². The highest BCUT2D eigenvalue weighted by molar-refractivity contribution is 5.86. The van der Waals surface area contributed by atoms with Gasteiger partial charge in [-0.1, -0.05) is 24.3 Å². The van der Waals surface area contributed by atoms with Gasteiger partial charge in [0.05, 0.1) is 13.7 Å². The lowest BCUT2D eigenvalue weighted by Crippen LogP contribution is -2.31. The minimum atomic E-state index is -0.350. The molecule has 0 amide bonds. The summed E-state index contributed by atoms with van der Waals surface area (Å²) in [5, 5.41) is 9.31. The minimum Gasteiger partial charge on any atom is -0.466 e. The molecule has 4 heteroatoms. The van der Waals surface area contributed by atoms with Crippen LogP contribution in [-0.2, 0) is 16.1 Å². The largest absolute Gasteiger partial charge is 0.466 e. The van der Waals surface area contributed by atoms with Gasteiger partial charge in [-0.15, -0.1) is 0 Å². The molecule has 1 atom stereocenters. The van der Waals surface area contributed by atoms with E-state index in [-0.39, 0.29) is 12.6 Å². The highest BCUT2D eigenvalue weighted by Gasteiger charge is 2.23. The lowest BCUT2D eigenvalue weighted by molar-refractivity contribution is -0.134. The Kier molecular flexibility index (Phi) is 5.32. The fourth-order valence-electron chi connectivity index (χ4n) is 2.51. The molecule has 1 aromatic rings. The maximum absolute atomic E-state index is 11.0. The van der Waals surface area contributed by atoms with Crippen molar-refractivity contribution in [2.24, 2.45) is 0 Å². The van der Waals surface area contributed by atoms with Gasteiger partial charge < -0.3 is 9.84 Å². The molecular formula is C16H21NO3. The maximum atomic E-state index is 11.0. The van der Waals surface area contributed by atoms with Gasteiger partial charge in [-0.05, 0) is 36.6 Å². The molecule has 1 aliphatic rings. The van der Waals surface area contributed by atoms with Crippen molar-refractivity contribution in [2.75, 3.05) is 20.3 Å². The Morgan fingerprint density at radius 1 is 1.45 bits per heavy atom. The number of hydrogen-bond acceptors (Lipinski definition) is 4. The topological polar surface area (TPSA) is 49.8 Å². The molecule has 20 heavy (non-hydrogen) atoms. The molecule has 1 aliphatic heterocycles. The number of aliphatic hydroxyl groups is 1. The smallest absolute Gasteiger partial charge is 0.330 e. The van der Waals surface area contributed by atoms with Gasteiger partial charge in [-0.25, -0.2) is 4.79 Å². The molecule has 1 saturated heterocycles. The number of benzene rings is 1. The van der Waals surface area contributed by atoms with Crippen molar-refractivity contribution in [2.45, 2.75) is 25.4 Å². The average molecular weight is 275 g/mol. The lowest BCUT2D eigenvalue weighted by Gasteiger charge is -2.22. The maximum Gasteiger partial charge on any atom is 0.330 e. The Morgan fingerprint density at radius 3 is 2.85 bits per heavy atom. The van der Waals surface area contributed by atoms with Gasteiger partial charge in [0.25, 0.3) is 0 Å². The summed E-state index contributed by atoms with van der Waals surface area (Å²) < 4.78 is 4.55. The molecule has 0 unspecified atom stereocenters. The van der Waals surface area contributed by atoms with Gasteiger partial charge in [0.1, 0.15) is 0 Å². The molecule has 0 bridgehead atoms. The first-order valence-corrected chi connectivity index (χ1v) is 6.93. The minimum absolute atomic E-state index is 0.236. The van der Waals surface area contributed by atoms with Crippen LogP contribution in [0.3, 0.4) is 0 Å². The number of carbonyl (C=O) groups excluding carboxylic acids is 1. The molecule has 0 spiro atoms. The van der Waals surface area contributed by atoms with Crippen molar-refractivity contribution in [3.05, 3.63) is 41.5 Å². The molecule has 0 saturated carbocycles. The van der Waals surface area contributed by atoms with Crippen LogP contribution in [0.2, 0.25) is 0 Å². The van der Waals surface area contributed by atoms with Crippen LogP contribution in [0.4, 0.5) is 0 Å². The van der Waals surface area contributed by atoms with Gasteiger partial charge in [-0.2, -0.15) is 0 Å². The molecule has 2 rings (SSSR count). The molecule has 1 fully saturated rings. The van der Waals surface area contributed by atoms with Crippen molar-refractivity contribution < 1.29 is 14.6 Å². The molecule has 1 heterocycles. The number of methoxy groups -OCH3 is 1. The highest BCUT2D eigenvalue weighted by atomic mass is 16.5. The van der Waals surface area contributed by atoms with E-state index in [1.54, 1.807) is 6.08 Å². The van der Waals surface area contributed by atoms with E-state index in [4.69, 9.17) is 0 Å². The van der Waals surface area contributed by atoms with Gasteiger partial charge in [-0.3, -0.25) is 4.90 Å². The summed E-state index contributed by atoms with van der Waals surface area (Å²) >= 11 is 0. The van der Waals surface area contributed by atoms with Crippen LogP contribution in [0.25, 0.3) is 6.08 Å². The molecule has 4 nitrogen and oxygen atoms in total. The zero-order valence-corrected chi connectivity index (χ0v) is 11.8. The first-order chi connectivity index (χ1) is 9.72. The summed E-state index contributed by atoms with van der Waals surface area (Å²) in [5.74, 6) is -0.350. The van der Waals surface area contributed by atoms with E-state index in [2.05, 4.69) is 21.8 Å². The van der Waals surface area contributed by atoms with Crippen LogP contribution in [0, 0.1) is 0 Å². The lowest BCUT2D eigenvalue weighted by atomic mass is 10.1. The van der Waals surface area contributed by atoms with Crippen LogP contribution in [0.15, 0.2) is 30.3 Å². The fourth-order valence-corrected chi connectivity index (χ4v) is 2.51. The normalized spacial score (nSPS) is 19.6. The summed E-state index contributed by atoms with van der Waals surface area (Å²) in [4.78, 5) is 13.3. The van der Waals surface area contributed by atoms with Crippen molar-refractivity contribution in [3.63, 3.8) is 0 Å². The van der Waals surface area contributed by atoms with Crippen molar-refractivity contribution in [1.82, 2.24) is 4.90 Å². The standard InChI is InChI=1S/C16H21NO3/c1-20-16(19)9-8-13-4-6-14(7-5-13)11-17-10-2-3-15(17)12-18/h4-9,15,18H,2-3,10-12H2,1H3/t15-/m1/s1. The number of hydrogen-bond donors (Lipinski definition) is 1. The van der Waals surface area contributed by atoms with E-state index in [1.807, 2.05) is 12.1 Å². The average Bonchev–Trinajstić information content (AvgIpc) is 2.93. The van der Waals surface area contributed by atoms with Crippen molar-refractivity contribution in [3.8, 4) is 0 Å². The van der Waals surface area contributed by atoms with Gasteiger partial charge in [0.2, 0.25) is 0 Å². The second-order valence-electron chi connectivity index (χ2n) is 5.05. The Labute approximate surface area is 119 Å². The Hall–Kier alpha value is -1.65. The number of aliphatic hydroxyl groups excluding tert-OH is 1. The van der Waals surface area contributed by atoms with Crippen LogP contribution in [0.1, 0.15) is 24.0 Å². The van der Waals surface area contributed by atoms with E-state index in [1.165, 1.54) is 18.7 Å². The Morgan fingerprint density at radius 2 is 2.20 bits per heavy atom. The zero-order valence-electron chi connectivity index (χ0n) is 11.8. The van der Waals surface area contributed by atoms with E-state index >= 15 is 0 Å². The number of esters is 1. The Balaban J connectivity index is 1.94. The molecule has 1 aromatic carbocycles. The summed E-state index contributed by atoms with van der Waals surface area (Å²) in [6.45, 7) is 2.15. The van der Waals surface area contributed by atoms with Crippen LogP contribution in [-0.4, -0.2) is 42.3 Å². The first-order valence-electron chi connectivity index (χ1n) is 6.93. The number of rotatable bonds is 5. The SMILES string of the molecule is COC(=O)C=Cc1ccc(CN2CCC[C@@H]2CO)cc1. The monoisotopic (exact) mass is 275 g/mol. The third-order valence-electron chi connectivity index (χ3n) is 3.69. The molecule has 1 N–H and O–H groups in total. The van der Waals surface area contributed by atoms with Crippen LogP contribution in [0.5, 0.6) is 0 Å². The predicted molar refractivity (Wildman–Crippen MR) is 78.0 cm³/mol. The third kappa shape index (κ3) is 3.92. The highest BCUT2D eigenvalue weighted by Crippen LogP contribution is 2.19. The quantitative estimate of drug-likeness (QED) is 0.658. The summed E-state index contributed by atoms with van der Waals surface area (Å²) in [7, 11) is 1.36. The second-order valence-corrected chi connectivity index (χ2v) is 5.05. The third-order valence-corrected chi connectivity index (χ3v) is 3.69. The predicted octanol–water partition coefficient (Wildman–Crippen LogP) is 1.83. The molecule has 108 valence electrons. The van der Waals surface area contributed by atoms with E-state index in [9.17, 15) is 9.90 Å². The van der Waals surface area contributed by atoms with Crippen LogP contribution >= 0.6 is 0 Å². The zero-order chi connectivity index (χ0) is 14.4. The van der Waals surface area contributed by atoms with E-state index in [0.29, 0.717) is 6.04 Å². The van der Waals surface area contributed by atoms with Gasteiger partial charge in [0.15, 0.2) is 0 Å². The number of ether oxygens (including phenoxy) is 1.